The summed E-state index contributed by atoms with van der Waals surface area (Å²) >= 11 is 0. The van der Waals surface area contributed by atoms with E-state index in [0.717, 1.165) is 24.0 Å². The first kappa shape index (κ1) is 25.7. The van der Waals surface area contributed by atoms with E-state index in [9.17, 15) is 5.11 Å². The molecule has 2 atom stereocenters. The Balaban J connectivity index is 2.70. The molecule has 0 bridgehead atoms. The molecule has 0 aliphatic carbocycles. The maximum absolute atomic E-state index is 11.3. The fourth-order valence-corrected chi connectivity index (χ4v) is 6.26. The van der Waals surface area contributed by atoms with Gasteiger partial charge in [-0.05, 0) is 60.2 Å². The van der Waals surface area contributed by atoms with Gasteiger partial charge in [0.2, 0.25) is 0 Å². The lowest BCUT2D eigenvalue weighted by atomic mass is 9.80. The highest BCUT2D eigenvalue weighted by Gasteiger charge is 2.35. The molecule has 2 nitrogen and oxygen atoms in total. The van der Waals surface area contributed by atoms with E-state index in [0.29, 0.717) is 14.3 Å². The van der Waals surface area contributed by atoms with Crippen LogP contribution in [-0.2, 0) is 10.6 Å². The summed E-state index contributed by atoms with van der Waals surface area (Å²) in [6.45, 7) is 15.6. The molecule has 2 aromatic rings. The number of rotatable bonds is 9. The molecule has 2 aromatic carbocycles. The van der Waals surface area contributed by atoms with E-state index in [2.05, 4.69) is 97.8 Å². The number of hydrogen-bond donors (Lipinski definition) is 1. The minimum absolute atomic E-state index is 0.0503. The Kier molecular flexibility index (Phi) is 8.62. The third kappa shape index (κ3) is 6.04. The van der Waals surface area contributed by atoms with Crippen LogP contribution >= 0.6 is 8.58 Å². The van der Waals surface area contributed by atoms with Crippen LogP contribution < -0.4 is 10.2 Å². The molecule has 172 valence electrons. The summed E-state index contributed by atoms with van der Waals surface area (Å²) in [7, 11) is 4.88. The Labute approximate surface area is 193 Å². The molecule has 3 heteroatoms. The van der Waals surface area contributed by atoms with Gasteiger partial charge in [0.05, 0.1) is 0 Å². The average molecular weight is 442 g/mol. The maximum Gasteiger partial charge on any atom is 0.122 e. The summed E-state index contributed by atoms with van der Waals surface area (Å²) in [6.07, 6.45) is 5.77. The molecular weight excluding hydrogens is 397 g/mol. The Hall–Kier alpha value is -1.53. The number of hydrogen-bond acceptors (Lipinski definition) is 2. The summed E-state index contributed by atoms with van der Waals surface area (Å²) in [5.41, 5.74) is 6.11. The summed E-state index contributed by atoms with van der Waals surface area (Å²) in [5, 5.41) is 12.7. The van der Waals surface area contributed by atoms with Gasteiger partial charge in [-0.3, -0.25) is 0 Å². The quantitative estimate of drug-likeness (QED) is 0.320. The van der Waals surface area contributed by atoms with Crippen LogP contribution in [0.5, 0.6) is 5.75 Å². The van der Waals surface area contributed by atoms with Crippen LogP contribution in [0, 0.1) is 13.8 Å². The molecule has 0 radical (unpaired) electrons. The van der Waals surface area contributed by atoms with Crippen LogP contribution in [0.25, 0.3) is 0 Å². The Morgan fingerprint density at radius 3 is 2.19 bits per heavy atom. The van der Waals surface area contributed by atoms with Gasteiger partial charge in [-0.25, -0.2) is 0 Å². The van der Waals surface area contributed by atoms with Crippen molar-refractivity contribution in [2.45, 2.75) is 91.1 Å². The Bertz CT molecular complexity index is 881. The standard InChI is InChI=1S/C28H44NOP/c1-10-12-13-16-28(11-2,31-25-15-14-20(3)17-24(25)29(8)9)23-19-22(27(5,6)7)18-21(4)26(23)30/h14-15,17-19,30-31H,10-13,16H2,1-9H3. The molecule has 31 heavy (non-hydrogen) atoms. The van der Waals surface area contributed by atoms with Crippen molar-refractivity contribution in [3.05, 3.63) is 52.6 Å². The minimum atomic E-state index is -0.0503. The molecule has 0 amide bonds. The van der Waals surface area contributed by atoms with Gasteiger partial charge in [-0.1, -0.05) is 86.7 Å². The maximum atomic E-state index is 11.3. The molecule has 0 aromatic heterocycles. The summed E-state index contributed by atoms with van der Waals surface area (Å²) in [6, 6.07) is 11.3. The van der Waals surface area contributed by atoms with Crippen molar-refractivity contribution in [2.24, 2.45) is 0 Å². The lowest BCUT2D eigenvalue weighted by Gasteiger charge is -2.37. The predicted molar refractivity (Wildman–Crippen MR) is 141 cm³/mol. The van der Waals surface area contributed by atoms with E-state index >= 15 is 0 Å². The fourth-order valence-electron chi connectivity index (χ4n) is 4.35. The van der Waals surface area contributed by atoms with Gasteiger partial charge in [0.15, 0.2) is 0 Å². The summed E-state index contributed by atoms with van der Waals surface area (Å²) in [4.78, 5) is 2.23. The van der Waals surface area contributed by atoms with Crippen LogP contribution in [0.3, 0.4) is 0 Å². The number of unbranched alkanes of at least 4 members (excludes halogenated alkanes) is 2. The van der Waals surface area contributed by atoms with E-state index in [1.54, 1.807) is 0 Å². The zero-order valence-corrected chi connectivity index (χ0v) is 22.3. The average Bonchev–Trinajstić information content (AvgIpc) is 2.69. The second-order valence-corrected chi connectivity index (χ2v) is 12.1. The zero-order valence-electron chi connectivity index (χ0n) is 21.3. The van der Waals surface area contributed by atoms with Gasteiger partial charge >= 0.3 is 0 Å². The molecule has 0 saturated heterocycles. The Morgan fingerprint density at radius 1 is 0.968 bits per heavy atom. The molecule has 0 aliphatic rings. The van der Waals surface area contributed by atoms with Crippen molar-refractivity contribution in [3.8, 4) is 5.75 Å². The number of phenols is 1. The topological polar surface area (TPSA) is 23.5 Å². The number of nitrogens with zero attached hydrogens (tertiary/aromatic N) is 1. The van der Waals surface area contributed by atoms with Crippen LogP contribution in [-0.4, -0.2) is 19.2 Å². The first-order chi connectivity index (χ1) is 14.4. The number of benzene rings is 2. The lowest BCUT2D eigenvalue weighted by Crippen LogP contribution is -2.26. The van der Waals surface area contributed by atoms with E-state index in [4.69, 9.17) is 0 Å². The normalized spacial score (nSPS) is 14.2. The molecule has 0 saturated carbocycles. The number of aromatic hydroxyl groups is 1. The molecule has 0 spiro atoms. The summed E-state index contributed by atoms with van der Waals surface area (Å²) < 4.78 is 0. The molecule has 0 aliphatic heterocycles. The zero-order chi connectivity index (χ0) is 23.4. The third-order valence-electron chi connectivity index (χ3n) is 6.50. The van der Waals surface area contributed by atoms with E-state index in [-0.39, 0.29) is 10.6 Å². The van der Waals surface area contributed by atoms with E-state index in [1.165, 1.54) is 41.4 Å². The predicted octanol–water partition coefficient (Wildman–Crippen LogP) is 7.56. The smallest absolute Gasteiger partial charge is 0.122 e. The van der Waals surface area contributed by atoms with Crippen LogP contribution in [0.2, 0.25) is 0 Å². The molecular formula is C28H44NOP. The molecule has 0 heterocycles. The highest BCUT2D eigenvalue weighted by atomic mass is 31.1. The largest absolute Gasteiger partial charge is 0.507 e. The van der Waals surface area contributed by atoms with E-state index < -0.39 is 0 Å². The minimum Gasteiger partial charge on any atom is -0.507 e. The monoisotopic (exact) mass is 441 g/mol. The lowest BCUT2D eigenvalue weighted by molar-refractivity contribution is 0.431. The number of anilines is 1. The number of aryl methyl sites for hydroxylation is 2. The first-order valence-corrected chi connectivity index (χ1v) is 12.9. The molecule has 2 rings (SSSR count). The molecule has 2 unspecified atom stereocenters. The Morgan fingerprint density at radius 2 is 1.65 bits per heavy atom. The third-order valence-corrected chi connectivity index (χ3v) is 8.55. The van der Waals surface area contributed by atoms with E-state index in [1.807, 2.05) is 0 Å². The van der Waals surface area contributed by atoms with Crippen molar-refractivity contribution in [1.82, 2.24) is 0 Å². The SMILES string of the molecule is CCCCCC(CC)(Pc1ccc(C)cc1N(C)C)c1cc(C(C)(C)C)cc(C)c1O. The highest BCUT2D eigenvalue weighted by Crippen LogP contribution is 2.53. The van der Waals surface area contributed by atoms with Crippen LogP contribution in [0.1, 0.15) is 89.0 Å². The van der Waals surface area contributed by atoms with Gasteiger partial charge in [-0.2, -0.15) is 0 Å². The first-order valence-electron chi connectivity index (χ1n) is 11.9. The van der Waals surface area contributed by atoms with Gasteiger partial charge in [0.25, 0.3) is 0 Å². The van der Waals surface area contributed by atoms with Gasteiger partial charge in [0.1, 0.15) is 5.75 Å². The van der Waals surface area contributed by atoms with Crippen LogP contribution in [0.4, 0.5) is 5.69 Å². The van der Waals surface area contributed by atoms with Crippen molar-refractivity contribution in [2.75, 3.05) is 19.0 Å². The molecule has 0 fully saturated rings. The van der Waals surface area contributed by atoms with Crippen molar-refractivity contribution in [1.29, 1.82) is 0 Å². The number of phenolic OH excluding ortho intramolecular Hbond substituents is 1. The second-order valence-electron chi connectivity index (χ2n) is 10.4. The molecule has 1 N–H and O–H groups in total. The van der Waals surface area contributed by atoms with Crippen molar-refractivity contribution in [3.63, 3.8) is 0 Å². The second kappa shape index (κ2) is 10.4. The highest BCUT2D eigenvalue weighted by molar-refractivity contribution is 7.49. The van der Waals surface area contributed by atoms with Gasteiger partial charge in [-0.15, -0.1) is 0 Å². The van der Waals surface area contributed by atoms with Crippen molar-refractivity contribution < 1.29 is 5.11 Å². The van der Waals surface area contributed by atoms with Gasteiger partial charge in [0, 0.05) is 30.5 Å². The van der Waals surface area contributed by atoms with Gasteiger partial charge < -0.3 is 10.0 Å². The fraction of sp³-hybridized carbons (Fsp3) is 0.571. The summed E-state index contributed by atoms with van der Waals surface area (Å²) in [5.74, 6) is 0.498. The van der Waals surface area contributed by atoms with Crippen LogP contribution in [0.15, 0.2) is 30.3 Å². The van der Waals surface area contributed by atoms with Crippen molar-refractivity contribution >= 4 is 19.6 Å².